The van der Waals surface area contributed by atoms with E-state index in [-0.39, 0.29) is 5.91 Å². The SMILES string of the molecule is COc1cccc(OC)c1C(=O)Nc1ccc(NCc2ccc(Cl)cc2)nc1. The molecule has 0 spiro atoms. The highest BCUT2D eigenvalue weighted by Gasteiger charge is 2.18. The Labute approximate surface area is 168 Å². The Bertz CT molecular complexity index is 922. The molecule has 0 atom stereocenters. The number of rotatable bonds is 7. The molecule has 144 valence electrons. The summed E-state index contributed by atoms with van der Waals surface area (Å²) in [5.41, 5.74) is 1.99. The molecule has 0 aliphatic rings. The van der Waals surface area contributed by atoms with Gasteiger partial charge in [0.15, 0.2) is 0 Å². The van der Waals surface area contributed by atoms with Crippen molar-refractivity contribution in [1.82, 2.24) is 4.98 Å². The van der Waals surface area contributed by atoms with Gasteiger partial charge in [0.25, 0.3) is 5.91 Å². The number of aromatic nitrogens is 1. The Morgan fingerprint density at radius 1 is 1.00 bits per heavy atom. The van der Waals surface area contributed by atoms with Gasteiger partial charge in [-0.3, -0.25) is 4.79 Å². The number of nitrogens with zero attached hydrogens (tertiary/aromatic N) is 1. The van der Waals surface area contributed by atoms with Crippen molar-refractivity contribution in [3.05, 3.63) is 76.9 Å². The van der Waals surface area contributed by atoms with Crippen molar-refractivity contribution >= 4 is 29.0 Å². The minimum Gasteiger partial charge on any atom is -0.496 e. The molecule has 3 aromatic rings. The highest BCUT2D eigenvalue weighted by Crippen LogP contribution is 2.29. The van der Waals surface area contributed by atoms with Crippen molar-refractivity contribution in [2.24, 2.45) is 0 Å². The number of hydrogen-bond acceptors (Lipinski definition) is 5. The van der Waals surface area contributed by atoms with Gasteiger partial charge in [0, 0.05) is 11.6 Å². The van der Waals surface area contributed by atoms with E-state index in [2.05, 4.69) is 15.6 Å². The van der Waals surface area contributed by atoms with Crippen LogP contribution in [0.5, 0.6) is 11.5 Å². The van der Waals surface area contributed by atoms with Gasteiger partial charge in [-0.25, -0.2) is 4.98 Å². The van der Waals surface area contributed by atoms with Gasteiger partial charge >= 0.3 is 0 Å². The molecule has 0 saturated heterocycles. The highest BCUT2D eigenvalue weighted by atomic mass is 35.5. The molecule has 1 heterocycles. The number of carbonyl (C=O) groups is 1. The lowest BCUT2D eigenvalue weighted by Gasteiger charge is -2.13. The largest absolute Gasteiger partial charge is 0.496 e. The third-order valence-corrected chi connectivity index (χ3v) is 4.32. The minimum atomic E-state index is -0.335. The van der Waals surface area contributed by atoms with E-state index < -0.39 is 0 Å². The average molecular weight is 398 g/mol. The zero-order valence-corrected chi connectivity index (χ0v) is 16.3. The molecule has 3 rings (SSSR count). The quantitative estimate of drug-likeness (QED) is 0.608. The first kappa shape index (κ1) is 19.5. The average Bonchev–Trinajstić information content (AvgIpc) is 2.73. The molecule has 0 fully saturated rings. The maximum atomic E-state index is 12.7. The summed E-state index contributed by atoms with van der Waals surface area (Å²) >= 11 is 5.89. The predicted molar refractivity (Wildman–Crippen MR) is 111 cm³/mol. The van der Waals surface area contributed by atoms with E-state index in [1.165, 1.54) is 14.2 Å². The van der Waals surface area contributed by atoms with Crippen LogP contribution in [-0.4, -0.2) is 25.1 Å². The van der Waals surface area contributed by atoms with E-state index in [0.29, 0.717) is 40.1 Å². The Balaban J connectivity index is 1.66. The van der Waals surface area contributed by atoms with Crippen LogP contribution >= 0.6 is 11.6 Å². The number of pyridine rings is 1. The lowest BCUT2D eigenvalue weighted by molar-refractivity contribution is 0.102. The smallest absolute Gasteiger partial charge is 0.263 e. The van der Waals surface area contributed by atoms with Gasteiger partial charge in [0.1, 0.15) is 22.9 Å². The molecule has 1 amide bonds. The van der Waals surface area contributed by atoms with Crippen LogP contribution in [0.15, 0.2) is 60.8 Å². The molecule has 1 aromatic heterocycles. The zero-order chi connectivity index (χ0) is 19.9. The van der Waals surface area contributed by atoms with E-state index in [1.807, 2.05) is 24.3 Å². The first-order chi connectivity index (χ1) is 13.6. The van der Waals surface area contributed by atoms with Crippen molar-refractivity contribution in [2.75, 3.05) is 24.9 Å². The van der Waals surface area contributed by atoms with Gasteiger partial charge in [-0.1, -0.05) is 29.8 Å². The molecular formula is C21H20ClN3O3. The lowest BCUT2D eigenvalue weighted by Crippen LogP contribution is -2.15. The first-order valence-electron chi connectivity index (χ1n) is 8.57. The van der Waals surface area contributed by atoms with E-state index in [9.17, 15) is 4.79 Å². The summed E-state index contributed by atoms with van der Waals surface area (Å²) in [6.07, 6.45) is 1.59. The van der Waals surface area contributed by atoms with Crippen LogP contribution in [0.1, 0.15) is 15.9 Å². The minimum absolute atomic E-state index is 0.331. The van der Waals surface area contributed by atoms with Crippen LogP contribution in [0.2, 0.25) is 5.02 Å². The molecule has 0 aliphatic carbocycles. The zero-order valence-electron chi connectivity index (χ0n) is 15.5. The Hall–Kier alpha value is -3.25. The van der Waals surface area contributed by atoms with Gasteiger partial charge in [0.05, 0.1) is 26.1 Å². The predicted octanol–water partition coefficient (Wildman–Crippen LogP) is 4.62. The van der Waals surface area contributed by atoms with Crippen LogP contribution in [0.4, 0.5) is 11.5 Å². The standard InChI is InChI=1S/C21H20ClN3O3/c1-27-17-4-3-5-18(28-2)20(17)21(26)25-16-10-11-19(24-13-16)23-12-14-6-8-15(22)9-7-14/h3-11,13H,12H2,1-2H3,(H,23,24)(H,25,26). The topological polar surface area (TPSA) is 72.5 Å². The second kappa shape index (κ2) is 9.10. The van der Waals surface area contributed by atoms with E-state index in [0.717, 1.165) is 5.56 Å². The molecule has 7 heteroatoms. The van der Waals surface area contributed by atoms with Crippen LogP contribution in [0.25, 0.3) is 0 Å². The molecule has 0 saturated carbocycles. The molecule has 0 radical (unpaired) electrons. The van der Waals surface area contributed by atoms with Gasteiger partial charge in [-0.2, -0.15) is 0 Å². The highest BCUT2D eigenvalue weighted by molar-refractivity contribution is 6.30. The molecule has 2 aromatic carbocycles. The second-order valence-corrected chi connectivity index (χ2v) is 6.34. The van der Waals surface area contributed by atoms with E-state index in [1.54, 1.807) is 36.5 Å². The second-order valence-electron chi connectivity index (χ2n) is 5.90. The fraction of sp³-hybridized carbons (Fsp3) is 0.143. The van der Waals surface area contributed by atoms with Gasteiger partial charge in [-0.05, 0) is 42.0 Å². The molecule has 0 unspecified atom stereocenters. The number of nitrogens with one attached hydrogen (secondary N) is 2. The number of carbonyl (C=O) groups excluding carboxylic acids is 1. The van der Waals surface area contributed by atoms with Crippen LogP contribution in [-0.2, 0) is 6.54 Å². The third kappa shape index (κ3) is 4.72. The van der Waals surface area contributed by atoms with Crippen LogP contribution in [0.3, 0.4) is 0 Å². The monoisotopic (exact) mass is 397 g/mol. The Morgan fingerprint density at radius 2 is 1.68 bits per heavy atom. The summed E-state index contributed by atoms with van der Waals surface area (Å²) in [5.74, 6) is 1.23. The number of methoxy groups -OCH3 is 2. The molecule has 28 heavy (non-hydrogen) atoms. The number of anilines is 2. The number of hydrogen-bond donors (Lipinski definition) is 2. The summed E-state index contributed by atoms with van der Waals surface area (Å²) in [4.78, 5) is 17.0. The van der Waals surface area contributed by atoms with Gasteiger partial charge < -0.3 is 20.1 Å². The van der Waals surface area contributed by atoms with Crippen LogP contribution in [0, 0.1) is 0 Å². The normalized spacial score (nSPS) is 10.2. The van der Waals surface area contributed by atoms with Crippen molar-refractivity contribution in [2.45, 2.75) is 6.54 Å². The maximum absolute atomic E-state index is 12.7. The molecule has 0 bridgehead atoms. The summed E-state index contributed by atoms with van der Waals surface area (Å²) in [6.45, 7) is 0.619. The molecular weight excluding hydrogens is 378 g/mol. The van der Waals surface area contributed by atoms with Gasteiger partial charge in [0.2, 0.25) is 0 Å². The van der Waals surface area contributed by atoms with Crippen molar-refractivity contribution in [3.8, 4) is 11.5 Å². The fourth-order valence-corrected chi connectivity index (χ4v) is 2.76. The van der Waals surface area contributed by atoms with E-state index in [4.69, 9.17) is 21.1 Å². The van der Waals surface area contributed by atoms with E-state index >= 15 is 0 Å². The third-order valence-electron chi connectivity index (χ3n) is 4.06. The Kier molecular flexibility index (Phi) is 6.34. The molecule has 6 nitrogen and oxygen atoms in total. The maximum Gasteiger partial charge on any atom is 0.263 e. The number of benzene rings is 2. The number of amides is 1. The molecule has 0 aliphatic heterocycles. The summed E-state index contributed by atoms with van der Waals surface area (Å²) in [5, 5.41) is 6.74. The van der Waals surface area contributed by atoms with Crippen molar-refractivity contribution in [3.63, 3.8) is 0 Å². The number of ether oxygens (including phenoxy) is 2. The summed E-state index contributed by atoms with van der Waals surface area (Å²) in [7, 11) is 3.02. The summed E-state index contributed by atoms with van der Waals surface area (Å²) < 4.78 is 10.5. The lowest BCUT2D eigenvalue weighted by atomic mass is 10.1. The fourth-order valence-electron chi connectivity index (χ4n) is 2.64. The molecule has 2 N–H and O–H groups in total. The first-order valence-corrected chi connectivity index (χ1v) is 8.95. The number of halogens is 1. The Morgan fingerprint density at radius 3 is 2.25 bits per heavy atom. The van der Waals surface area contributed by atoms with Crippen LogP contribution < -0.4 is 20.1 Å². The van der Waals surface area contributed by atoms with Crippen molar-refractivity contribution in [1.29, 1.82) is 0 Å². The van der Waals surface area contributed by atoms with Crippen molar-refractivity contribution < 1.29 is 14.3 Å². The van der Waals surface area contributed by atoms with Gasteiger partial charge in [-0.15, -0.1) is 0 Å². The summed E-state index contributed by atoms with van der Waals surface area (Å²) in [6, 6.07) is 16.3.